The number of piperidine rings is 1. The summed E-state index contributed by atoms with van der Waals surface area (Å²) >= 11 is 0. The molecule has 1 aromatic rings. The van der Waals surface area contributed by atoms with Crippen molar-refractivity contribution in [1.29, 1.82) is 5.26 Å². The molecule has 0 radical (unpaired) electrons. The Bertz CT molecular complexity index is 582. The third kappa shape index (κ3) is 4.54. The van der Waals surface area contributed by atoms with Gasteiger partial charge in [0.1, 0.15) is 12.6 Å². The molecule has 1 fully saturated rings. The number of likely N-dealkylation sites (tertiary alicyclic amines) is 1. The summed E-state index contributed by atoms with van der Waals surface area (Å²) in [5, 5.41) is 8.90. The number of para-hydroxylation sites is 1. The summed E-state index contributed by atoms with van der Waals surface area (Å²) in [7, 11) is 1.89. The number of amides is 1. The highest BCUT2D eigenvalue weighted by molar-refractivity contribution is 5.95. The Hall–Kier alpha value is -2.39. The summed E-state index contributed by atoms with van der Waals surface area (Å²) in [4.78, 5) is 27.7. The largest absolute Gasteiger partial charge is 0.454 e. The number of likely N-dealkylation sites (N-methyl/N-ethyl adjacent to an activating group) is 1. The molecule has 122 valence electrons. The van der Waals surface area contributed by atoms with Gasteiger partial charge in [0.15, 0.2) is 6.61 Å². The maximum atomic E-state index is 12.3. The quantitative estimate of drug-likeness (QED) is 0.609. The lowest BCUT2D eigenvalue weighted by Crippen LogP contribution is -2.44. The SMILES string of the molecule is CN1CCCC[C@@H]1C(=O)OCC(=O)N(CC#N)c1ccccc1. The van der Waals surface area contributed by atoms with Crippen molar-refractivity contribution in [2.45, 2.75) is 25.3 Å². The monoisotopic (exact) mass is 315 g/mol. The molecule has 0 spiro atoms. The molecule has 2 rings (SSSR count). The van der Waals surface area contributed by atoms with Gasteiger partial charge in [0, 0.05) is 5.69 Å². The van der Waals surface area contributed by atoms with Gasteiger partial charge in [-0.3, -0.25) is 19.4 Å². The average Bonchev–Trinajstić information content (AvgIpc) is 2.58. The summed E-state index contributed by atoms with van der Waals surface area (Å²) in [6, 6.07) is 10.6. The van der Waals surface area contributed by atoms with E-state index in [0.717, 1.165) is 25.8 Å². The standard InChI is InChI=1S/C17H21N3O3/c1-19-11-6-5-9-15(19)17(22)23-13-16(21)20(12-10-18)14-7-3-2-4-8-14/h2-4,7-8,15H,5-6,9,11-13H2,1H3/t15-/m1/s1. The second kappa shape index (κ2) is 8.30. The topological polar surface area (TPSA) is 73.6 Å². The van der Waals surface area contributed by atoms with E-state index in [1.165, 1.54) is 4.90 Å². The minimum absolute atomic E-state index is 0.0796. The minimum atomic E-state index is -0.399. The molecule has 1 aliphatic rings. The third-order valence-corrected chi connectivity index (χ3v) is 3.98. The molecule has 0 aromatic heterocycles. The lowest BCUT2D eigenvalue weighted by molar-refractivity contribution is -0.153. The Balaban J connectivity index is 1.94. The van der Waals surface area contributed by atoms with E-state index in [1.54, 1.807) is 24.3 Å². The highest BCUT2D eigenvalue weighted by Crippen LogP contribution is 2.17. The van der Waals surface area contributed by atoms with Crippen LogP contribution in [0.1, 0.15) is 19.3 Å². The summed E-state index contributed by atoms with van der Waals surface area (Å²) in [6.07, 6.45) is 2.82. The van der Waals surface area contributed by atoms with E-state index in [2.05, 4.69) is 0 Å². The van der Waals surface area contributed by atoms with Crippen LogP contribution in [0.4, 0.5) is 5.69 Å². The van der Waals surface area contributed by atoms with Gasteiger partial charge in [0.05, 0.1) is 6.07 Å². The molecule has 23 heavy (non-hydrogen) atoms. The van der Waals surface area contributed by atoms with Gasteiger partial charge in [-0.1, -0.05) is 24.6 Å². The number of ether oxygens (including phenoxy) is 1. The maximum absolute atomic E-state index is 12.3. The first kappa shape index (κ1) is 17.0. The lowest BCUT2D eigenvalue weighted by Gasteiger charge is -2.30. The molecule has 0 aliphatic carbocycles. The number of hydrogen-bond donors (Lipinski definition) is 0. The van der Waals surface area contributed by atoms with E-state index in [1.807, 2.05) is 24.1 Å². The van der Waals surface area contributed by atoms with Crippen molar-refractivity contribution in [3.05, 3.63) is 30.3 Å². The Morgan fingerprint density at radius 2 is 2.09 bits per heavy atom. The number of anilines is 1. The zero-order valence-electron chi connectivity index (χ0n) is 13.3. The predicted octanol–water partition coefficient (Wildman–Crippen LogP) is 1.57. The number of carbonyl (C=O) groups is 2. The first-order valence-corrected chi connectivity index (χ1v) is 7.72. The molecular formula is C17H21N3O3. The molecule has 6 heteroatoms. The number of nitrogens with zero attached hydrogens (tertiary/aromatic N) is 3. The summed E-state index contributed by atoms with van der Waals surface area (Å²) in [6.45, 7) is 0.432. The first-order chi connectivity index (χ1) is 11.1. The molecular weight excluding hydrogens is 294 g/mol. The molecule has 0 bridgehead atoms. The Morgan fingerprint density at radius 3 is 2.74 bits per heavy atom. The van der Waals surface area contributed by atoms with Crippen molar-refractivity contribution in [3.63, 3.8) is 0 Å². The number of nitriles is 1. The van der Waals surface area contributed by atoms with Crippen LogP contribution < -0.4 is 4.90 Å². The average molecular weight is 315 g/mol. The van der Waals surface area contributed by atoms with Crippen LogP contribution in [0.5, 0.6) is 0 Å². The van der Waals surface area contributed by atoms with Crippen LogP contribution in [0, 0.1) is 11.3 Å². The first-order valence-electron chi connectivity index (χ1n) is 7.72. The van der Waals surface area contributed by atoms with E-state index < -0.39 is 5.91 Å². The van der Waals surface area contributed by atoms with Crippen LogP contribution in [0.25, 0.3) is 0 Å². The van der Waals surface area contributed by atoms with Gasteiger partial charge in [0.25, 0.3) is 5.91 Å². The second-order valence-electron chi connectivity index (χ2n) is 5.57. The number of rotatable bonds is 5. The van der Waals surface area contributed by atoms with E-state index in [9.17, 15) is 9.59 Å². The van der Waals surface area contributed by atoms with Crippen LogP contribution in [0.2, 0.25) is 0 Å². The number of esters is 1. The molecule has 1 amide bonds. The normalized spacial score (nSPS) is 18.0. The fourth-order valence-electron chi connectivity index (χ4n) is 2.68. The highest BCUT2D eigenvalue weighted by Gasteiger charge is 2.28. The Morgan fingerprint density at radius 1 is 1.35 bits per heavy atom. The van der Waals surface area contributed by atoms with Gasteiger partial charge in [-0.25, -0.2) is 0 Å². The second-order valence-corrected chi connectivity index (χ2v) is 5.57. The Labute approximate surface area is 136 Å². The maximum Gasteiger partial charge on any atom is 0.323 e. The van der Waals surface area contributed by atoms with E-state index in [0.29, 0.717) is 5.69 Å². The molecule has 1 aliphatic heterocycles. The van der Waals surface area contributed by atoms with Crippen molar-refractivity contribution in [1.82, 2.24) is 4.90 Å². The summed E-state index contributed by atoms with van der Waals surface area (Å²) in [5.74, 6) is -0.768. The number of hydrogen-bond acceptors (Lipinski definition) is 5. The Kier molecular flexibility index (Phi) is 6.12. The molecule has 0 N–H and O–H groups in total. The van der Waals surface area contributed by atoms with Crippen LogP contribution in [0.15, 0.2) is 30.3 Å². The van der Waals surface area contributed by atoms with E-state index >= 15 is 0 Å². The summed E-state index contributed by atoms with van der Waals surface area (Å²) in [5.41, 5.74) is 0.616. The van der Waals surface area contributed by atoms with Gasteiger partial charge in [-0.15, -0.1) is 0 Å². The fourth-order valence-corrected chi connectivity index (χ4v) is 2.68. The number of benzene rings is 1. The zero-order valence-corrected chi connectivity index (χ0v) is 13.3. The van der Waals surface area contributed by atoms with Gasteiger partial charge in [-0.2, -0.15) is 5.26 Å². The molecule has 1 saturated heterocycles. The fraction of sp³-hybridized carbons (Fsp3) is 0.471. The van der Waals surface area contributed by atoms with Crippen LogP contribution in [-0.2, 0) is 14.3 Å². The molecule has 0 unspecified atom stereocenters. The van der Waals surface area contributed by atoms with Crippen molar-refractivity contribution in [3.8, 4) is 6.07 Å². The van der Waals surface area contributed by atoms with Gasteiger partial charge < -0.3 is 4.74 Å². The van der Waals surface area contributed by atoms with Gasteiger partial charge in [0.2, 0.25) is 0 Å². The lowest BCUT2D eigenvalue weighted by atomic mass is 10.0. The molecule has 1 heterocycles. The van der Waals surface area contributed by atoms with Crippen molar-refractivity contribution in [2.24, 2.45) is 0 Å². The highest BCUT2D eigenvalue weighted by atomic mass is 16.5. The third-order valence-electron chi connectivity index (χ3n) is 3.98. The van der Waals surface area contributed by atoms with Crippen molar-refractivity contribution < 1.29 is 14.3 Å². The van der Waals surface area contributed by atoms with Crippen LogP contribution in [-0.4, -0.2) is 49.6 Å². The smallest absolute Gasteiger partial charge is 0.323 e. The molecule has 1 atom stereocenters. The number of carbonyl (C=O) groups excluding carboxylic acids is 2. The van der Waals surface area contributed by atoms with Crippen molar-refractivity contribution in [2.75, 3.05) is 31.6 Å². The van der Waals surface area contributed by atoms with E-state index in [4.69, 9.17) is 10.00 Å². The molecule has 0 saturated carbocycles. The zero-order chi connectivity index (χ0) is 16.7. The minimum Gasteiger partial charge on any atom is -0.454 e. The van der Waals surface area contributed by atoms with Crippen molar-refractivity contribution >= 4 is 17.6 Å². The molecule has 1 aromatic carbocycles. The van der Waals surface area contributed by atoms with Gasteiger partial charge >= 0.3 is 5.97 Å². The van der Waals surface area contributed by atoms with Crippen LogP contribution >= 0.6 is 0 Å². The van der Waals surface area contributed by atoms with Gasteiger partial charge in [-0.05, 0) is 38.6 Å². The predicted molar refractivity (Wildman–Crippen MR) is 85.6 cm³/mol. The summed E-state index contributed by atoms with van der Waals surface area (Å²) < 4.78 is 5.18. The molecule has 6 nitrogen and oxygen atoms in total. The van der Waals surface area contributed by atoms with E-state index in [-0.39, 0.29) is 25.2 Å². The van der Waals surface area contributed by atoms with Crippen LogP contribution in [0.3, 0.4) is 0 Å².